The molecule has 0 unspecified atom stereocenters. The molecular weight excluding hydrogens is 344 g/mol. The Kier molecular flexibility index (Phi) is 4.13. The minimum atomic E-state index is -0.450. The molecule has 0 saturated heterocycles. The normalized spacial score (nSPS) is 17.0. The van der Waals surface area contributed by atoms with Crippen molar-refractivity contribution < 1.29 is 14.4 Å². The number of hydrogen-bond acceptors (Lipinski definition) is 5. The Labute approximate surface area is 149 Å². The lowest BCUT2D eigenvalue weighted by Crippen LogP contribution is -2.17. The lowest BCUT2D eigenvalue weighted by Gasteiger charge is -2.24. The number of anilines is 1. The summed E-state index contributed by atoms with van der Waals surface area (Å²) in [5.74, 6) is 2.03. The van der Waals surface area contributed by atoms with Crippen LogP contribution in [-0.2, 0) is 0 Å². The van der Waals surface area contributed by atoms with Crippen molar-refractivity contribution in [2.45, 2.75) is 18.9 Å². The molecule has 2 aromatic rings. The van der Waals surface area contributed by atoms with Crippen LogP contribution in [0.15, 0.2) is 36.4 Å². The van der Waals surface area contributed by atoms with Gasteiger partial charge < -0.3 is 14.8 Å². The van der Waals surface area contributed by atoms with Crippen LogP contribution < -0.4 is 14.8 Å². The molecule has 0 radical (unpaired) electrons. The molecule has 1 heterocycles. The summed E-state index contributed by atoms with van der Waals surface area (Å²) < 4.78 is 11.3. The first-order valence-electron chi connectivity index (χ1n) is 8.22. The first kappa shape index (κ1) is 16.0. The van der Waals surface area contributed by atoms with Gasteiger partial charge >= 0.3 is 0 Å². The Morgan fingerprint density at radius 2 is 1.88 bits per heavy atom. The van der Waals surface area contributed by atoms with Crippen LogP contribution in [0.25, 0.3) is 0 Å². The fourth-order valence-corrected chi connectivity index (χ4v) is 3.29. The van der Waals surface area contributed by atoms with Crippen LogP contribution in [0.5, 0.6) is 11.5 Å². The number of nitrogens with one attached hydrogen (secondary N) is 1. The number of benzene rings is 2. The molecule has 0 bridgehead atoms. The fourth-order valence-electron chi connectivity index (χ4n) is 3.06. The Bertz CT molecular complexity index is 823. The van der Waals surface area contributed by atoms with Gasteiger partial charge in [-0.1, -0.05) is 17.7 Å². The van der Waals surface area contributed by atoms with Gasteiger partial charge in [-0.3, -0.25) is 10.1 Å². The van der Waals surface area contributed by atoms with E-state index < -0.39 is 4.92 Å². The van der Waals surface area contributed by atoms with Gasteiger partial charge in [0.1, 0.15) is 13.2 Å². The third-order valence-electron chi connectivity index (χ3n) is 4.49. The Hall–Kier alpha value is -2.47. The maximum Gasteiger partial charge on any atom is 0.271 e. The molecule has 6 nitrogen and oxygen atoms in total. The number of non-ortho nitro benzene ring substituents is 1. The van der Waals surface area contributed by atoms with Crippen LogP contribution in [0.3, 0.4) is 0 Å². The highest BCUT2D eigenvalue weighted by molar-refractivity contribution is 6.33. The van der Waals surface area contributed by atoms with Gasteiger partial charge in [0.15, 0.2) is 11.5 Å². The van der Waals surface area contributed by atoms with Crippen molar-refractivity contribution in [1.82, 2.24) is 0 Å². The molecule has 0 aromatic heterocycles. The van der Waals surface area contributed by atoms with E-state index in [4.69, 9.17) is 21.1 Å². The second kappa shape index (κ2) is 6.44. The van der Waals surface area contributed by atoms with Gasteiger partial charge in [-0.25, -0.2) is 0 Å². The van der Waals surface area contributed by atoms with Crippen LogP contribution >= 0.6 is 11.6 Å². The third-order valence-corrected chi connectivity index (χ3v) is 4.81. The van der Waals surface area contributed by atoms with E-state index in [1.54, 1.807) is 6.07 Å². The van der Waals surface area contributed by atoms with E-state index in [9.17, 15) is 10.1 Å². The summed E-state index contributed by atoms with van der Waals surface area (Å²) in [5, 5.41) is 14.7. The number of rotatable bonds is 5. The molecule has 0 spiro atoms. The van der Waals surface area contributed by atoms with Crippen molar-refractivity contribution in [2.75, 3.05) is 18.5 Å². The molecule has 0 amide bonds. The highest BCUT2D eigenvalue weighted by atomic mass is 35.5. The van der Waals surface area contributed by atoms with Gasteiger partial charge in [0.25, 0.3) is 5.69 Å². The summed E-state index contributed by atoms with van der Waals surface area (Å²) in [6.45, 7) is 1.11. The Morgan fingerprint density at radius 3 is 2.56 bits per heavy atom. The largest absolute Gasteiger partial charge is 0.486 e. The monoisotopic (exact) mass is 360 g/mol. The van der Waals surface area contributed by atoms with Crippen molar-refractivity contribution in [1.29, 1.82) is 0 Å². The lowest BCUT2D eigenvalue weighted by atomic mass is 10.0. The first-order chi connectivity index (χ1) is 12.1. The Balaban J connectivity index is 1.61. The van der Waals surface area contributed by atoms with E-state index in [1.165, 1.54) is 12.1 Å². The number of fused-ring (bicyclic) bond motifs is 1. The molecule has 2 aliphatic rings. The van der Waals surface area contributed by atoms with Crippen molar-refractivity contribution in [3.8, 4) is 11.5 Å². The zero-order valence-corrected chi connectivity index (χ0v) is 14.2. The predicted molar refractivity (Wildman–Crippen MR) is 94.6 cm³/mol. The van der Waals surface area contributed by atoms with Gasteiger partial charge in [0.05, 0.1) is 21.7 Å². The number of nitro benzene ring substituents is 1. The van der Waals surface area contributed by atoms with E-state index in [1.807, 2.05) is 18.2 Å². The number of halogens is 1. The molecule has 130 valence electrons. The van der Waals surface area contributed by atoms with Gasteiger partial charge in [0, 0.05) is 12.1 Å². The van der Waals surface area contributed by atoms with Crippen molar-refractivity contribution in [2.24, 2.45) is 5.92 Å². The topological polar surface area (TPSA) is 73.6 Å². The van der Waals surface area contributed by atoms with Crippen molar-refractivity contribution >= 4 is 23.0 Å². The van der Waals surface area contributed by atoms with Gasteiger partial charge in [-0.15, -0.1) is 0 Å². The van der Waals surface area contributed by atoms with E-state index in [0.717, 1.165) is 29.9 Å². The standard InChI is InChI=1S/C18H17ClN2O4/c19-14-10-13(21(22)23)4-5-15(14)20-18(11-1-2-11)12-3-6-16-17(9-12)25-8-7-24-16/h3-6,9-11,18,20H,1-2,7-8H2/t18-/m0/s1. The quantitative estimate of drug-likeness (QED) is 0.624. The molecule has 7 heteroatoms. The maximum atomic E-state index is 10.9. The summed E-state index contributed by atoms with van der Waals surface area (Å²) in [7, 11) is 0. The van der Waals surface area contributed by atoms with Crippen LogP contribution in [-0.4, -0.2) is 18.1 Å². The summed E-state index contributed by atoms with van der Waals surface area (Å²) >= 11 is 6.23. The van der Waals surface area contributed by atoms with Gasteiger partial charge in [-0.05, 0) is 42.5 Å². The molecule has 1 fully saturated rings. The highest BCUT2D eigenvalue weighted by Gasteiger charge is 2.33. The molecule has 1 N–H and O–H groups in total. The summed E-state index contributed by atoms with van der Waals surface area (Å²) in [4.78, 5) is 10.4. The summed E-state index contributed by atoms with van der Waals surface area (Å²) in [5.41, 5.74) is 1.78. The zero-order chi connectivity index (χ0) is 17.4. The van der Waals surface area contributed by atoms with Crippen LogP contribution in [0.4, 0.5) is 11.4 Å². The number of nitrogens with zero attached hydrogens (tertiary/aromatic N) is 1. The van der Waals surface area contributed by atoms with Crippen molar-refractivity contribution in [3.63, 3.8) is 0 Å². The molecule has 1 aliphatic carbocycles. The fraction of sp³-hybridized carbons (Fsp3) is 0.333. The molecule has 1 saturated carbocycles. The molecule has 25 heavy (non-hydrogen) atoms. The summed E-state index contributed by atoms with van der Waals surface area (Å²) in [6.07, 6.45) is 2.27. The van der Waals surface area contributed by atoms with Crippen LogP contribution in [0.2, 0.25) is 5.02 Å². The minimum Gasteiger partial charge on any atom is -0.486 e. The summed E-state index contributed by atoms with van der Waals surface area (Å²) in [6, 6.07) is 10.5. The smallest absolute Gasteiger partial charge is 0.271 e. The number of nitro groups is 1. The average Bonchev–Trinajstić information content (AvgIpc) is 3.45. The average molecular weight is 361 g/mol. The molecular formula is C18H17ClN2O4. The molecule has 4 rings (SSSR count). The van der Waals surface area contributed by atoms with E-state index in [2.05, 4.69) is 5.32 Å². The second-order valence-corrected chi connectivity index (χ2v) is 6.69. The molecule has 2 aromatic carbocycles. The van der Waals surface area contributed by atoms with Crippen LogP contribution in [0.1, 0.15) is 24.4 Å². The number of ether oxygens (including phenoxy) is 2. The minimum absolute atomic E-state index is 0.0159. The highest BCUT2D eigenvalue weighted by Crippen LogP contribution is 2.45. The van der Waals surface area contributed by atoms with E-state index in [0.29, 0.717) is 29.8 Å². The van der Waals surface area contributed by atoms with E-state index in [-0.39, 0.29) is 11.7 Å². The third kappa shape index (κ3) is 3.35. The SMILES string of the molecule is O=[N+]([O-])c1ccc(N[C@H](c2ccc3c(c2)OCCO3)C2CC2)c(Cl)c1. The van der Waals surface area contributed by atoms with Crippen LogP contribution in [0, 0.1) is 16.0 Å². The molecule has 1 aliphatic heterocycles. The van der Waals surface area contributed by atoms with Crippen molar-refractivity contribution in [3.05, 3.63) is 57.1 Å². The van der Waals surface area contributed by atoms with Gasteiger partial charge in [-0.2, -0.15) is 0 Å². The predicted octanol–water partition coefficient (Wildman–Crippen LogP) is 4.58. The second-order valence-electron chi connectivity index (χ2n) is 6.28. The first-order valence-corrected chi connectivity index (χ1v) is 8.59. The maximum absolute atomic E-state index is 10.9. The van der Waals surface area contributed by atoms with Gasteiger partial charge in [0.2, 0.25) is 0 Å². The number of hydrogen-bond donors (Lipinski definition) is 1. The van der Waals surface area contributed by atoms with E-state index >= 15 is 0 Å². The molecule has 1 atom stereocenters. The Morgan fingerprint density at radius 1 is 1.12 bits per heavy atom. The zero-order valence-electron chi connectivity index (χ0n) is 13.4. The lowest BCUT2D eigenvalue weighted by molar-refractivity contribution is -0.384.